The van der Waals surface area contributed by atoms with Crippen molar-refractivity contribution in [1.29, 1.82) is 0 Å². The Labute approximate surface area is 137 Å². The van der Waals surface area contributed by atoms with E-state index >= 15 is 0 Å². The van der Waals surface area contributed by atoms with Crippen LogP contribution in [0.4, 0.5) is 0 Å². The van der Waals surface area contributed by atoms with Crippen LogP contribution in [0.25, 0.3) is 6.08 Å². The molecule has 0 spiro atoms. The lowest BCUT2D eigenvalue weighted by molar-refractivity contribution is -0.129. The van der Waals surface area contributed by atoms with Gasteiger partial charge >= 0.3 is 0 Å². The summed E-state index contributed by atoms with van der Waals surface area (Å²) < 4.78 is 0.728. The number of nitrogens with one attached hydrogen (secondary N) is 3. The molecule has 0 aliphatic rings. The van der Waals surface area contributed by atoms with Crippen LogP contribution < -0.4 is 16.3 Å². The van der Waals surface area contributed by atoms with Gasteiger partial charge in [0.05, 0.1) is 0 Å². The van der Waals surface area contributed by atoms with Crippen LogP contribution in [0.1, 0.15) is 37.7 Å². The number of amides is 2. The maximum Gasteiger partial charge on any atom is 0.243 e. The van der Waals surface area contributed by atoms with Crippen LogP contribution in [0.3, 0.4) is 0 Å². The lowest BCUT2D eigenvalue weighted by atomic mass is 10.1. The number of rotatable bonds is 9. The molecular weight excluding hydrogens is 352 g/mol. The third-order valence-corrected chi connectivity index (χ3v) is 3.44. The van der Waals surface area contributed by atoms with E-state index in [1.165, 1.54) is 0 Å². The van der Waals surface area contributed by atoms with Crippen LogP contribution in [0, 0.1) is 0 Å². The molecule has 0 unspecified atom stereocenters. The van der Waals surface area contributed by atoms with Crippen molar-refractivity contribution >= 4 is 33.8 Å². The summed E-state index contributed by atoms with van der Waals surface area (Å²) in [6.07, 6.45) is 7.79. The first kappa shape index (κ1) is 18.1. The van der Waals surface area contributed by atoms with Gasteiger partial charge in [-0.3, -0.25) is 20.2 Å². The molecule has 8 heteroatoms. The number of hydrogen-bond donors (Lipinski definition) is 4. The van der Waals surface area contributed by atoms with E-state index in [9.17, 15) is 9.59 Å². The van der Waals surface area contributed by atoms with Crippen LogP contribution in [0.2, 0.25) is 0 Å². The van der Waals surface area contributed by atoms with Gasteiger partial charge in [0.25, 0.3) is 0 Å². The Balaban J connectivity index is 2.11. The van der Waals surface area contributed by atoms with Gasteiger partial charge in [-0.15, -0.1) is 0 Å². The Kier molecular flexibility index (Phi) is 8.85. The van der Waals surface area contributed by atoms with Gasteiger partial charge in [-0.25, -0.2) is 10.5 Å². The highest BCUT2D eigenvalue weighted by Gasteiger charge is 2.01. The fourth-order valence-corrected chi connectivity index (χ4v) is 2.03. The van der Waals surface area contributed by atoms with E-state index in [4.69, 9.17) is 5.21 Å². The number of halogens is 1. The average Bonchev–Trinajstić information content (AvgIpc) is 2.52. The molecule has 1 aromatic rings. The molecule has 0 fully saturated rings. The zero-order valence-electron chi connectivity index (χ0n) is 12.0. The summed E-state index contributed by atoms with van der Waals surface area (Å²) in [5.74, 6) is -0.528. The maximum absolute atomic E-state index is 11.5. The van der Waals surface area contributed by atoms with Gasteiger partial charge in [-0.05, 0) is 40.9 Å². The number of pyridine rings is 1. The van der Waals surface area contributed by atoms with Crippen molar-refractivity contribution in [3.63, 3.8) is 0 Å². The monoisotopic (exact) mass is 370 g/mol. The number of hydrogen-bond acceptors (Lipinski definition) is 5. The Morgan fingerprint density at radius 3 is 2.64 bits per heavy atom. The van der Waals surface area contributed by atoms with Crippen LogP contribution in [0.5, 0.6) is 0 Å². The van der Waals surface area contributed by atoms with Crippen molar-refractivity contribution in [3.05, 3.63) is 34.7 Å². The second-order valence-corrected chi connectivity index (χ2v) is 5.26. The summed E-state index contributed by atoms with van der Waals surface area (Å²) in [6.45, 7) is 0. The SMILES string of the molecule is O=C(CCCCCC(=O)NN/C=C/c1cccnc1Br)NO. The molecule has 4 N–H and O–H groups in total. The molecule has 1 aromatic heterocycles. The van der Waals surface area contributed by atoms with E-state index in [1.54, 1.807) is 24.0 Å². The van der Waals surface area contributed by atoms with Crippen LogP contribution in [0.15, 0.2) is 29.1 Å². The highest BCUT2D eigenvalue weighted by molar-refractivity contribution is 9.10. The molecule has 0 saturated carbocycles. The maximum atomic E-state index is 11.5. The average molecular weight is 371 g/mol. The standard InChI is InChI=1S/C14H19BrN4O3/c15-14-11(5-4-9-16-14)8-10-17-18-12(20)6-2-1-3-7-13(21)19-22/h4-5,8-10,17,22H,1-3,6-7H2,(H,18,20)(H,19,21)/b10-8+. The van der Waals surface area contributed by atoms with E-state index in [0.29, 0.717) is 19.3 Å². The van der Waals surface area contributed by atoms with Crippen molar-refractivity contribution in [3.8, 4) is 0 Å². The lowest BCUT2D eigenvalue weighted by Gasteiger charge is -2.04. The van der Waals surface area contributed by atoms with E-state index in [2.05, 4.69) is 31.8 Å². The third kappa shape index (κ3) is 7.75. The number of aromatic nitrogens is 1. The van der Waals surface area contributed by atoms with Crippen LogP contribution in [-0.2, 0) is 9.59 Å². The number of unbranched alkanes of at least 4 members (excludes halogenated alkanes) is 2. The molecule has 0 aliphatic carbocycles. The Morgan fingerprint density at radius 2 is 1.95 bits per heavy atom. The summed E-state index contributed by atoms with van der Waals surface area (Å²) in [4.78, 5) is 26.4. The first-order valence-electron chi connectivity index (χ1n) is 6.88. The lowest BCUT2D eigenvalue weighted by Crippen LogP contribution is -2.33. The van der Waals surface area contributed by atoms with Crippen LogP contribution >= 0.6 is 15.9 Å². The second kappa shape index (κ2) is 10.7. The fourth-order valence-electron chi connectivity index (χ4n) is 1.64. The van der Waals surface area contributed by atoms with Gasteiger partial charge < -0.3 is 5.43 Å². The molecule has 0 bridgehead atoms. The van der Waals surface area contributed by atoms with E-state index < -0.39 is 5.91 Å². The van der Waals surface area contributed by atoms with Crippen molar-refractivity contribution < 1.29 is 14.8 Å². The Morgan fingerprint density at radius 1 is 1.23 bits per heavy atom. The van der Waals surface area contributed by atoms with Crippen molar-refractivity contribution in [2.75, 3.05) is 0 Å². The van der Waals surface area contributed by atoms with Crippen LogP contribution in [-0.4, -0.2) is 22.0 Å². The second-order valence-electron chi connectivity index (χ2n) is 4.50. The zero-order valence-corrected chi connectivity index (χ0v) is 13.6. The van der Waals surface area contributed by atoms with Gasteiger partial charge in [0.2, 0.25) is 11.8 Å². The summed E-state index contributed by atoms with van der Waals surface area (Å²) in [5, 5.41) is 8.31. The topological polar surface area (TPSA) is 103 Å². The first-order chi connectivity index (χ1) is 10.6. The van der Waals surface area contributed by atoms with Crippen molar-refractivity contribution in [2.45, 2.75) is 32.1 Å². The molecule has 0 saturated heterocycles. The molecule has 0 aromatic carbocycles. The number of carbonyl (C=O) groups is 2. The first-order valence-corrected chi connectivity index (χ1v) is 7.67. The van der Waals surface area contributed by atoms with Gasteiger partial charge in [-0.2, -0.15) is 0 Å². The molecule has 0 atom stereocenters. The van der Waals surface area contributed by atoms with Gasteiger partial charge in [0.1, 0.15) is 4.60 Å². The van der Waals surface area contributed by atoms with E-state index in [0.717, 1.165) is 16.6 Å². The predicted octanol–water partition coefficient (Wildman–Crippen LogP) is 1.89. The number of nitrogens with zero attached hydrogens (tertiary/aromatic N) is 1. The Bertz CT molecular complexity index is 523. The molecule has 22 heavy (non-hydrogen) atoms. The quantitative estimate of drug-likeness (QED) is 0.230. The molecule has 0 radical (unpaired) electrons. The smallest absolute Gasteiger partial charge is 0.243 e. The Hall–Kier alpha value is -1.93. The van der Waals surface area contributed by atoms with E-state index in [-0.39, 0.29) is 12.3 Å². The minimum atomic E-state index is -0.405. The highest BCUT2D eigenvalue weighted by atomic mass is 79.9. The van der Waals surface area contributed by atoms with Gasteiger partial charge in [0.15, 0.2) is 0 Å². The molecule has 1 rings (SSSR count). The molecule has 120 valence electrons. The van der Waals surface area contributed by atoms with Crippen molar-refractivity contribution in [2.24, 2.45) is 0 Å². The molecule has 1 heterocycles. The summed E-state index contributed by atoms with van der Waals surface area (Å²) in [5.41, 5.74) is 7.72. The minimum Gasteiger partial charge on any atom is -0.306 e. The van der Waals surface area contributed by atoms with Gasteiger partial charge in [-0.1, -0.05) is 12.5 Å². The summed E-state index contributed by atoms with van der Waals surface area (Å²) in [6, 6.07) is 3.71. The fraction of sp³-hybridized carbons (Fsp3) is 0.357. The summed E-state index contributed by atoms with van der Waals surface area (Å²) >= 11 is 3.32. The molecule has 2 amide bonds. The highest BCUT2D eigenvalue weighted by Crippen LogP contribution is 2.13. The molecular formula is C14H19BrN4O3. The zero-order chi connectivity index (χ0) is 16.2. The number of hydroxylamine groups is 1. The van der Waals surface area contributed by atoms with Gasteiger partial charge in [0, 0.05) is 30.8 Å². The summed E-state index contributed by atoms with van der Waals surface area (Å²) in [7, 11) is 0. The third-order valence-electron chi connectivity index (χ3n) is 2.78. The largest absolute Gasteiger partial charge is 0.306 e. The minimum absolute atomic E-state index is 0.124. The predicted molar refractivity (Wildman–Crippen MR) is 85.3 cm³/mol. The normalized spacial score (nSPS) is 10.5. The number of hydrazine groups is 1. The molecule has 7 nitrogen and oxygen atoms in total. The van der Waals surface area contributed by atoms with E-state index in [1.807, 2.05) is 12.1 Å². The van der Waals surface area contributed by atoms with Crippen molar-refractivity contribution in [1.82, 2.24) is 21.3 Å². The molecule has 0 aliphatic heterocycles. The number of carbonyl (C=O) groups excluding carboxylic acids is 2.